The molecule has 0 aliphatic carbocycles. The van der Waals surface area contributed by atoms with Gasteiger partial charge in [-0.25, -0.2) is 4.98 Å². The van der Waals surface area contributed by atoms with Crippen molar-refractivity contribution in [3.8, 4) is 5.75 Å². The van der Waals surface area contributed by atoms with Gasteiger partial charge in [0.2, 0.25) is 0 Å². The quantitative estimate of drug-likeness (QED) is 0.683. The Morgan fingerprint density at radius 3 is 2.35 bits per heavy atom. The topological polar surface area (TPSA) is 37.4 Å². The van der Waals surface area contributed by atoms with E-state index in [0.717, 1.165) is 42.8 Å². The van der Waals surface area contributed by atoms with Crippen LogP contribution in [0.25, 0.3) is 10.9 Å². The van der Waals surface area contributed by atoms with Crippen molar-refractivity contribution >= 4 is 28.2 Å². The highest BCUT2D eigenvalue weighted by Crippen LogP contribution is 2.33. The predicted molar refractivity (Wildman–Crippen MR) is 110 cm³/mol. The van der Waals surface area contributed by atoms with Crippen LogP contribution in [0.2, 0.25) is 5.15 Å². The number of benzene rings is 2. The molecule has 5 heteroatoms. The summed E-state index contributed by atoms with van der Waals surface area (Å²) in [6.45, 7) is 6.11. The number of methoxy groups -OCH3 is 1. The number of aromatic nitrogens is 1. The number of anilines is 1. The second-order valence-corrected chi connectivity index (χ2v) is 6.60. The number of piperazine rings is 1. The summed E-state index contributed by atoms with van der Waals surface area (Å²) in [4.78, 5) is 6.77. The van der Waals surface area contributed by atoms with Gasteiger partial charge in [-0.05, 0) is 31.2 Å². The van der Waals surface area contributed by atoms with E-state index >= 15 is 0 Å². The molecular weight excluding hydrogens is 346 g/mol. The highest BCUT2D eigenvalue weighted by atomic mass is 35.5. The van der Waals surface area contributed by atoms with Crippen molar-refractivity contribution < 1.29 is 4.74 Å². The first-order valence-corrected chi connectivity index (χ1v) is 9.17. The summed E-state index contributed by atoms with van der Waals surface area (Å²) in [7, 11) is 1.65. The van der Waals surface area contributed by atoms with Crippen molar-refractivity contribution in [1.82, 2.24) is 10.3 Å². The number of hydrogen-bond donors (Lipinski definition) is 1. The standard InChI is InChI=1S/C14H16ClN3O.C7H8/c1-19-12-4-3-11(18-8-6-16-7-9-18)10-2-5-13(15)17-14(10)12;1-7-5-3-2-4-6-7/h2-5,16H,6-9H2,1H3;2-6H,1H3. The lowest BCUT2D eigenvalue weighted by Gasteiger charge is -2.30. The average molecular weight is 370 g/mol. The van der Waals surface area contributed by atoms with Gasteiger partial charge in [0.15, 0.2) is 0 Å². The molecule has 0 spiro atoms. The summed E-state index contributed by atoms with van der Waals surface area (Å²) in [6, 6.07) is 18.2. The minimum Gasteiger partial charge on any atom is -0.494 e. The largest absolute Gasteiger partial charge is 0.494 e. The molecule has 4 rings (SSSR count). The Labute approximate surface area is 159 Å². The molecule has 1 saturated heterocycles. The van der Waals surface area contributed by atoms with E-state index in [1.165, 1.54) is 11.3 Å². The number of fused-ring (bicyclic) bond motifs is 1. The van der Waals surface area contributed by atoms with Crippen LogP contribution in [0.3, 0.4) is 0 Å². The molecule has 136 valence electrons. The first-order valence-electron chi connectivity index (χ1n) is 8.79. The fourth-order valence-corrected chi connectivity index (χ4v) is 3.18. The van der Waals surface area contributed by atoms with Crippen LogP contribution in [0.15, 0.2) is 54.6 Å². The number of halogens is 1. The number of aryl methyl sites for hydroxylation is 1. The molecule has 1 fully saturated rings. The van der Waals surface area contributed by atoms with Gasteiger partial charge in [0, 0.05) is 37.3 Å². The van der Waals surface area contributed by atoms with Crippen LogP contribution in [0.5, 0.6) is 5.75 Å². The minimum absolute atomic E-state index is 0.489. The Kier molecular flexibility index (Phi) is 6.31. The molecule has 0 bridgehead atoms. The van der Waals surface area contributed by atoms with Crippen LogP contribution in [-0.4, -0.2) is 38.3 Å². The fourth-order valence-electron chi connectivity index (χ4n) is 3.03. The molecule has 0 radical (unpaired) electrons. The second kappa shape index (κ2) is 8.88. The molecule has 0 amide bonds. The van der Waals surface area contributed by atoms with Gasteiger partial charge in [-0.1, -0.05) is 47.5 Å². The lowest BCUT2D eigenvalue weighted by molar-refractivity contribution is 0.419. The number of nitrogens with zero attached hydrogens (tertiary/aromatic N) is 2. The van der Waals surface area contributed by atoms with Crippen LogP contribution in [0.4, 0.5) is 5.69 Å². The van der Waals surface area contributed by atoms with E-state index in [4.69, 9.17) is 16.3 Å². The Morgan fingerprint density at radius 2 is 1.73 bits per heavy atom. The zero-order valence-corrected chi connectivity index (χ0v) is 16.0. The van der Waals surface area contributed by atoms with Crippen LogP contribution >= 0.6 is 11.6 Å². The smallest absolute Gasteiger partial charge is 0.145 e. The number of pyridine rings is 1. The molecule has 0 unspecified atom stereocenters. The van der Waals surface area contributed by atoms with Gasteiger partial charge in [-0.15, -0.1) is 0 Å². The molecule has 1 aliphatic rings. The van der Waals surface area contributed by atoms with E-state index in [0.29, 0.717) is 5.15 Å². The van der Waals surface area contributed by atoms with Gasteiger partial charge >= 0.3 is 0 Å². The molecule has 2 aromatic carbocycles. The van der Waals surface area contributed by atoms with Crippen molar-refractivity contribution in [2.75, 3.05) is 38.2 Å². The number of nitrogens with one attached hydrogen (secondary N) is 1. The van der Waals surface area contributed by atoms with Gasteiger partial charge in [0.1, 0.15) is 16.4 Å². The summed E-state index contributed by atoms with van der Waals surface area (Å²) < 4.78 is 5.37. The number of hydrogen-bond acceptors (Lipinski definition) is 4. The van der Waals surface area contributed by atoms with E-state index in [9.17, 15) is 0 Å². The summed E-state index contributed by atoms with van der Waals surface area (Å²) >= 11 is 6.00. The van der Waals surface area contributed by atoms with Crippen molar-refractivity contribution in [3.63, 3.8) is 0 Å². The van der Waals surface area contributed by atoms with E-state index in [1.54, 1.807) is 7.11 Å². The molecule has 4 nitrogen and oxygen atoms in total. The Balaban J connectivity index is 0.000000236. The molecule has 26 heavy (non-hydrogen) atoms. The van der Waals surface area contributed by atoms with Crippen molar-refractivity contribution in [1.29, 1.82) is 0 Å². The molecule has 1 aliphatic heterocycles. The summed E-state index contributed by atoms with van der Waals surface area (Å²) in [6.07, 6.45) is 0. The highest BCUT2D eigenvalue weighted by Gasteiger charge is 2.15. The van der Waals surface area contributed by atoms with E-state index in [1.807, 2.05) is 36.4 Å². The molecule has 0 saturated carbocycles. The van der Waals surface area contributed by atoms with Gasteiger partial charge in [-0.3, -0.25) is 0 Å². The Morgan fingerprint density at radius 1 is 1.00 bits per heavy atom. The third kappa shape index (κ3) is 4.45. The monoisotopic (exact) mass is 369 g/mol. The number of rotatable bonds is 2. The van der Waals surface area contributed by atoms with Crippen molar-refractivity contribution in [2.45, 2.75) is 6.92 Å². The summed E-state index contributed by atoms with van der Waals surface area (Å²) in [5, 5.41) is 4.94. The van der Waals surface area contributed by atoms with E-state index < -0.39 is 0 Å². The van der Waals surface area contributed by atoms with E-state index in [2.05, 4.69) is 40.3 Å². The third-order valence-electron chi connectivity index (χ3n) is 4.38. The Bertz CT molecular complexity index is 849. The highest BCUT2D eigenvalue weighted by molar-refractivity contribution is 6.30. The molecule has 0 atom stereocenters. The fraction of sp³-hybridized carbons (Fsp3) is 0.286. The predicted octanol–water partition coefficient (Wildman–Crippen LogP) is 4.30. The molecular formula is C21H24ClN3O. The Hall–Kier alpha value is -2.30. The first kappa shape index (κ1) is 18.5. The SMILES string of the molecule is COc1ccc(N2CCNCC2)c2ccc(Cl)nc12.Cc1ccccc1. The van der Waals surface area contributed by atoms with Crippen molar-refractivity contribution in [2.24, 2.45) is 0 Å². The molecule has 1 N–H and O–H groups in total. The van der Waals surface area contributed by atoms with Crippen LogP contribution in [0.1, 0.15) is 5.56 Å². The third-order valence-corrected chi connectivity index (χ3v) is 4.59. The molecule has 2 heterocycles. The molecule has 3 aromatic rings. The first-order chi connectivity index (χ1) is 12.7. The zero-order chi connectivity index (χ0) is 18.4. The second-order valence-electron chi connectivity index (χ2n) is 6.21. The van der Waals surface area contributed by atoms with Gasteiger partial charge in [0.25, 0.3) is 0 Å². The lowest BCUT2D eigenvalue weighted by atomic mass is 10.1. The molecule has 1 aromatic heterocycles. The van der Waals surface area contributed by atoms with Gasteiger partial charge in [0.05, 0.1) is 7.11 Å². The number of ether oxygens (including phenoxy) is 1. The van der Waals surface area contributed by atoms with Gasteiger partial charge < -0.3 is 15.0 Å². The normalized spacial score (nSPS) is 13.9. The average Bonchev–Trinajstić information content (AvgIpc) is 2.69. The lowest BCUT2D eigenvalue weighted by Crippen LogP contribution is -2.43. The summed E-state index contributed by atoms with van der Waals surface area (Å²) in [5.41, 5.74) is 3.34. The minimum atomic E-state index is 0.489. The van der Waals surface area contributed by atoms with E-state index in [-0.39, 0.29) is 0 Å². The van der Waals surface area contributed by atoms with Crippen LogP contribution in [0, 0.1) is 6.92 Å². The zero-order valence-electron chi connectivity index (χ0n) is 15.2. The maximum Gasteiger partial charge on any atom is 0.145 e. The summed E-state index contributed by atoms with van der Waals surface area (Å²) in [5.74, 6) is 0.761. The maximum absolute atomic E-state index is 6.00. The van der Waals surface area contributed by atoms with Gasteiger partial charge in [-0.2, -0.15) is 0 Å². The van der Waals surface area contributed by atoms with Crippen molar-refractivity contribution in [3.05, 3.63) is 65.3 Å². The van der Waals surface area contributed by atoms with Crippen LogP contribution < -0.4 is 15.0 Å². The van der Waals surface area contributed by atoms with Crippen LogP contribution in [-0.2, 0) is 0 Å². The maximum atomic E-state index is 6.00.